The molecule has 1 fully saturated rings. The number of hydrogen-bond donors (Lipinski definition) is 2. The lowest BCUT2D eigenvalue weighted by atomic mass is 10.0. The van der Waals surface area contributed by atoms with Gasteiger partial charge in [-0.25, -0.2) is 9.97 Å². The number of nitrogens with one attached hydrogen (secondary N) is 2. The van der Waals surface area contributed by atoms with Crippen molar-refractivity contribution in [3.8, 4) is 0 Å². The first kappa shape index (κ1) is 22.8. The molecule has 0 aromatic carbocycles. The van der Waals surface area contributed by atoms with Crippen molar-refractivity contribution in [2.24, 2.45) is 0 Å². The highest BCUT2D eigenvalue weighted by Gasteiger charge is 2.22. The number of fused-ring (bicyclic) bond motifs is 1. The number of rotatable bonds is 4. The fourth-order valence-corrected chi connectivity index (χ4v) is 3.97. The molecular formula is C20H30Cl2N6. The lowest BCUT2D eigenvalue weighted by Gasteiger charge is -2.33. The molecule has 4 rings (SSSR count). The van der Waals surface area contributed by atoms with Crippen LogP contribution in [0.1, 0.15) is 35.5 Å². The number of aryl methyl sites for hydroxylation is 1. The third kappa shape index (κ3) is 5.77. The van der Waals surface area contributed by atoms with Gasteiger partial charge in [0.1, 0.15) is 11.6 Å². The van der Waals surface area contributed by atoms with Crippen LogP contribution in [0.15, 0.2) is 24.5 Å². The molecule has 2 aliphatic heterocycles. The van der Waals surface area contributed by atoms with Crippen molar-refractivity contribution < 1.29 is 0 Å². The van der Waals surface area contributed by atoms with Crippen LogP contribution in [0, 0.1) is 6.92 Å². The Morgan fingerprint density at radius 3 is 2.68 bits per heavy atom. The molecule has 2 aliphatic rings. The molecule has 0 unspecified atom stereocenters. The lowest BCUT2D eigenvalue weighted by Crippen LogP contribution is -2.39. The van der Waals surface area contributed by atoms with E-state index in [1.807, 2.05) is 25.4 Å². The average molecular weight is 425 g/mol. The van der Waals surface area contributed by atoms with Gasteiger partial charge in [-0.1, -0.05) is 6.07 Å². The molecule has 0 spiro atoms. The second-order valence-electron chi connectivity index (χ2n) is 7.35. The van der Waals surface area contributed by atoms with Gasteiger partial charge in [0.05, 0.1) is 5.69 Å². The first-order chi connectivity index (χ1) is 12.8. The minimum atomic E-state index is 0. The lowest BCUT2D eigenvalue weighted by molar-refractivity contribution is 0.211. The second kappa shape index (κ2) is 10.9. The van der Waals surface area contributed by atoms with E-state index in [-0.39, 0.29) is 24.8 Å². The summed E-state index contributed by atoms with van der Waals surface area (Å²) >= 11 is 0. The SMILES string of the molecule is Cc1nc2c(c(NC3CCN(Cc4cccnc4)CC3)n1)CCNCC2.Cl.Cl. The molecule has 28 heavy (non-hydrogen) atoms. The number of piperidine rings is 1. The van der Waals surface area contributed by atoms with Crippen LogP contribution in [0.4, 0.5) is 5.82 Å². The Morgan fingerprint density at radius 2 is 1.93 bits per heavy atom. The molecule has 8 heteroatoms. The summed E-state index contributed by atoms with van der Waals surface area (Å²) in [6.07, 6.45) is 8.11. The highest BCUT2D eigenvalue weighted by Crippen LogP contribution is 2.23. The number of anilines is 1. The summed E-state index contributed by atoms with van der Waals surface area (Å²) in [7, 11) is 0. The standard InChI is InChI=1S/C20H28N6.2ClH/c1-15-23-19-5-10-21-9-4-18(19)20(24-15)25-17-6-11-26(12-7-17)14-16-3-2-8-22-13-16;;/h2-3,8,13,17,21H,4-7,9-12,14H2,1H3,(H,23,24,25);2*1H. The van der Waals surface area contributed by atoms with E-state index < -0.39 is 0 Å². The van der Waals surface area contributed by atoms with Gasteiger partial charge in [0.2, 0.25) is 0 Å². The zero-order valence-corrected chi connectivity index (χ0v) is 18.0. The highest BCUT2D eigenvalue weighted by molar-refractivity contribution is 5.85. The average Bonchev–Trinajstić information content (AvgIpc) is 2.90. The fraction of sp³-hybridized carbons (Fsp3) is 0.550. The normalized spacial score (nSPS) is 17.6. The Kier molecular flexibility index (Phi) is 8.89. The number of likely N-dealkylation sites (tertiary alicyclic amines) is 1. The maximum absolute atomic E-state index is 4.74. The van der Waals surface area contributed by atoms with Gasteiger partial charge < -0.3 is 10.6 Å². The van der Waals surface area contributed by atoms with Gasteiger partial charge in [0.15, 0.2) is 0 Å². The van der Waals surface area contributed by atoms with Crippen LogP contribution in [0.2, 0.25) is 0 Å². The molecule has 0 aliphatic carbocycles. The van der Waals surface area contributed by atoms with Gasteiger partial charge in [0.25, 0.3) is 0 Å². The van der Waals surface area contributed by atoms with Gasteiger partial charge in [-0.2, -0.15) is 0 Å². The molecule has 0 amide bonds. The van der Waals surface area contributed by atoms with E-state index in [2.05, 4.69) is 31.6 Å². The number of pyridine rings is 1. The van der Waals surface area contributed by atoms with Gasteiger partial charge >= 0.3 is 0 Å². The zero-order valence-electron chi connectivity index (χ0n) is 16.4. The van der Waals surface area contributed by atoms with Crippen LogP contribution >= 0.6 is 24.8 Å². The molecule has 0 radical (unpaired) electrons. The van der Waals surface area contributed by atoms with Gasteiger partial charge in [-0.15, -0.1) is 24.8 Å². The van der Waals surface area contributed by atoms with Crippen molar-refractivity contribution in [1.29, 1.82) is 0 Å². The molecule has 154 valence electrons. The van der Waals surface area contributed by atoms with Crippen molar-refractivity contribution in [2.75, 3.05) is 31.5 Å². The Hall–Kier alpha value is -1.47. The van der Waals surface area contributed by atoms with Crippen LogP contribution in [0.3, 0.4) is 0 Å². The fourth-order valence-electron chi connectivity index (χ4n) is 3.97. The number of halogens is 2. The molecule has 6 nitrogen and oxygen atoms in total. The van der Waals surface area contributed by atoms with Gasteiger partial charge in [-0.05, 0) is 44.4 Å². The predicted molar refractivity (Wildman–Crippen MR) is 118 cm³/mol. The monoisotopic (exact) mass is 424 g/mol. The Labute approximate surface area is 179 Å². The number of hydrogen-bond acceptors (Lipinski definition) is 6. The summed E-state index contributed by atoms with van der Waals surface area (Å²) in [5.74, 6) is 1.95. The summed E-state index contributed by atoms with van der Waals surface area (Å²) in [5, 5.41) is 7.21. The molecule has 2 aromatic rings. The summed E-state index contributed by atoms with van der Waals surface area (Å²) < 4.78 is 0. The van der Waals surface area contributed by atoms with Crippen LogP contribution in [-0.4, -0.2) is 52.1 Å². The van der Waals surface area contributed by atoms with E-state index in [0.29, 0.717) is 6.04 Å². The highest BCUT2D eigenvalue weighted by atomic mass is 35.5. The summed E-state index contributed by atoms with van der Waals surface area (Å²) in [6.45, 7) is 7.24. The molecule has 0 saturated carbocycles. The second-order valence-corrected chi connectivity index (χ2v) is 7.35. The largest absolute Gasteiger partial charge is 0.367 e. The van der Waals surface area contributed by atoms with Crippen molar-refractivity contribution in [3.63, 3.8) is 0 Å². The van der Waals surface area contributed by atoms with Crippen molar-refractivity contribution in [1.82, 2.24) is 25.2 Å². The van der Waals surface area contributed by atoms with Crippen molar-refractivity contribution in [2.45, 2.75) is 45.2 Å². The molecular weight excluding hydrogens is 395 g/mol. The third-order valence-electron chi connectivity index (χ3n) is 5.35. The Bertz CT molecular complexity index is 735. The van der Waals surface area contributed by atoms with Gasteiger partial charge in [0, 0.05) is 56.6 Å². The third-order valence-corrected chi connectivity index (χ3v) is 5.35. The van der Waals surface area contributed by atoms with E-state index in [1.165, 1.54) is 16.8 Å². The minimum absolute atomic E-state index is 0. The quantitative estimate of drug-likeness (QED) is 0.786. The maximum atomic E-state index is 4.74. The molecule has 0 atom stereocenters. The maximum Gasteiger partial charge on any atom is 0.133 e. The van der Waals surface area contributed by atoms with Crippen LogP contribution in [-0.2, 0) is 19.4 Å². The van der Waals surface area contributed by atoms with Crippen molar-refractivity contribution >= 4 is 30.6 Å². The zero-order chi connectivity index (χ0) is 17.8. The smallest absolute Gasteiger partial charge is 0.133 e. The molecule has 2 N–H and O–H groups in total. The predicted octanol–water partition coefficient (Wildman–Crippen LogP) is 2.79. The first-order valence-electron chi connectivity index (χ1n) is 9.73. The first-order valence-corrected chi connectivity index (χ1v) is 9.73. The van der Waals surface area contributed by atoms with E-state index in [0.717, 1.165) is 70.0 Å². The van der Waals surface area contributed by atoms with Crippen LogP contribution in [0.25, 0.3) is 0 Å². The summed E-state index contributed by atoms with van der Waals surface area (Å²) in [4.78, 5) is 16.2. The summed E-state index contributed by atoms with van der Waals surface area (Å²) in [6, 6.07) is 4.67. The minimum Gasteiger partial charge on any atom is -0.367 e. The van der Waals surface area contributed by atoms with Crippen LogP contribution < -0.4 is 10.6 Å². The topological polar surface area (TPSA) is 66.0 Å². The van der Waals surface area contributed by atoms with Crippen LogP contribution in [0.5, 0.6) is 0 Å². The van der Waals surface area contributed by atoms with E-state index in [4.69, 9.17) is 4.98 Å². The number of aromatic nitrogens is 3. The molecule has 0 bridgehead atoms. The van der Waals surface area contributed by atoms with Gasteiger partial charge in [-0.3, -0.25) is 9.88 Å². The van der Waals surface area contributed by atoms with E-state index in [9.17, 15) is 0 Å². The summed E-state index contributed by atoms with van der Waals surface area (Å²) in [5.41, 5.74) is 3.83. The Balaban J connectivity index is 0.00000140. The van der Waals surface area contributed by atoms with E-state index in [1.54, 1.807) is 0 Å². The molecule has 1 saturated heterocycles. The molecule has 4 heterocycles. The van der Waals surface area contributed by atoms with Crippen molar-refractivity contribution in [3.05, 3.63) is 47.2 Å². The Morgan fingerprint density at radius 1 is 1.14 bits per heavy atom. The van der Waals surface area contributed by atoms with E-state index >= 15 is 0 Å². The molecule has 2 aromatic heterocycles. The number of nitrogens with zero attached hydrogens (tertiary/aromatic N) is 4.